The van der Waals surface area contributed by atoms with E-state index in [-0.39, 0.29) is 17.9 Å². The Morgan fingerprint density at radius 3 is 2.57 bits per heavy atom. The second-order valence-corrected chi connectivity index (χ2v) is 7.21. The van der Waals surface area contributed by atoms with Crippen LogP contribution in [0.2, 0.25) is 0 Å². The van der Waals surface area contributed by atoms with Crippen molar-refractivity contribution in [2.75, 3.05) is 19.8 Å². The Labute approximate surface area is 164 Å². The van der Waals surface area contributed by atoms with Crippen molar-refractivity contribution in [2.45, 2.75) is 32.4 Å². The zero-order chi connectivity index (χ0) is 19.5. The van der Waals surface area contributed by atoms with Gasteiger partial charge in [-0.3, -0.25) is 9.59 Å². The summed E-state index contributed by atoms with van der Waals surface area (Å²) in [5.74, 6) is 1.52. The normalized spacial score (nSPS) is 16.8. The minimum atomic E-state index is -0.162. The van der Waals surface area contributed by atoms with Crippen LogP contribution in [-0.4, -0.2) is 36.5 Å². The summed E-state index contributed by atoms with van der Waals surface area (Å²) in [6, 6.07) is 13.0. The zero-order valence-electron chi connectivity index (χ0n) is 15.9. The first kappa shape index (κ1) is 18.3. The molecule has 1 fully saturated rings. The molecule has 0 aromatic heterocycles. The predicted molar refractivity (Wildman–Crippen MR) is 104 cm³/mol. The van der Waals surface area contributed by atoms with Crippen molar-refractivity contribution in [3.05, 3.63) is 59.2 Å². The van der Waals surface area contributed by atoms with Crippen molar-refractivity contribution in [3.63, 3.8) is 0 Å². The fourth-order valence-corrected chi connectivity index (χ4v) is 3.55. The number of carbonyl (C=O) groups is 2. The monoisotopic (exact) mass is 380 g/mol. The van der Waals surface area contributed by atoms with E-state index < -0.39 is 0 Å². The van der Waals surface area contributed by atoms with Gasteiger partial charge in [0.2, 0.25) is 5.91 Å². The van der Waals surface area contributed by atoms with Gasteiger partial charge in [0, 0.05) is 25.1 Å². The molecule has 6 nitrogen and oxygen atoms in total. The Morgan fingerprint density at radius 1 is 1.11 bits per heavy atom. The van der Waals surface area contributed by atoms with Crippen LogP contribution in [0.25, 0.3) is 0 Å². The van der Waals surface area contributed by atoms with Gasteiger partial charge in [-0.05, 0) is 48.7 Å². The standard InChI is InChI=1S/C22H24N2O4/c1-15(18-8-9-19-20(13-18)28-12-11-27-19)23-22(26)17-6-4-16(5-7-17)14-24-10-2-3-21(24)25/h4-9,13,15H,2-3,10-12,14H2,1H3,(H,23,26). The van der Waals surface area contributed by atoms with Gasteiger partial charge in [0.25, 0.3) is 5.91 Å². The highest BCUT2D eigenvalue weighted by atomic mass is 16.6. The lowest BCUT2D eigenvalue weighted by Gasteiger charge is -2.21. The van der Waals surface area contributed by atoms with Crippen LogP contribution in [0, 0.1) is 0 Å². The van der Waals surface area contributed by atoms with E-state index in [0.29, 0.717) is 37.5 Å². The summed E-state index contributed by atoms with van der Waals surface area (Å²) < 4.78 is 11.2. The second-order valence-electron chi connectivity index (χ2n) is 7.21. The molecule has 1 N–H and O–H groups in total. The number of nitrogens with zero attached hydrogens (tertiary/aromatic N) is 1. The van der Waals surface area contributed by atoms with Crippen LogP contribution in [-0.2, 0) is 11.3 Å². The average Bonchev–Trinajstić information content (AvgIpc) is 3.12. The summed E-state index contributed by atoms with van der Waals surface area (Å²) >= 11 is 0. The average molecular weight is 380 g/mol. The van der Waals surface area contributed by atoms with E-state index in [1.165, 1.54) is 0 Å². The van der Waals surface area contributed by atoms with E-state index in [9.17, 15) is 9.59 Å². The molecule has 2 aliphatic heterocycles. The highest BCUT2D eigenvalue weighted by Crippen LogP contribution is 2.32. The number of fused-ring (bicyclic) bond motifs is 1. The molecule has 0 spiro atoms. The highest BCUT2D eigenvalue weighted by molar-refractivity contribution is 5.94. The maximum Gasteiger partial charge on any atom is 0.251 e. The van der Waals surface area contributed by atoms with Crippen molar-refractivity contribution in [3.8, 4) is 11.5 Å². The minimum absolute atomic E-state index is 0.133. The minimum Gasteiger partial charge on any atom is -0.486 e. The van der Waals surface area contributed by atoms with Crippen LogP contribution in [0.1, 0.15) is 47.3 Å². The Morgan fingerprint density at radius 2 is 1.86 bits per heavy atom. The Balaban J connectivity index is 1.38. The molecule has 0 aliphatic carbocycles. The lowest BCUT2D eigenvalue weighted by molar-refractivity contribution is -0.128. The van der Waals surface area contributed by atoms with Crippen LogP contribution in [0.5, 0.6) is 11.5 Å². The molecule has 146 valence electrons. The smallest absolute Gasteiger partial charge is 0.251 e. The molecule has 2 aliphatic rings. The number of hydrogen-bond donors (Lipinski definition) is 1. The van der Waals surface area contributed by atoms with Gasteiger partial charge in [-0.15, -0.1) is 0 Å². The third-order valence-electron chi connectivity index (χ3n) is 5.17. The number of hydrogen-bond acceptors (Lipinski definition) is 4. The van der Waals surface area contributed by atoms with Crippen LogP contribution in [0.4, 0.5) is 0 Å². The van der Waals surface area contributed by atoms with Crippen LogP contribution in [0.3, 0.4) is 0 Å². The first-order valence-electron chi connectivity index (χ1n) is 9.67. The Hall–Kier alpha value is -3.02. The van der Waals surface area contributed by atoms with Gasteiger partial charge < -0.3 is 19.7 Å². The van der Waals surface area contributed by atoms with Crippen molar-refractivity contribution >= 4 is 11.8 Å². The van der Waals surface area contributed by atoms with E-state index in [1.807, 2.05) is 54.3 Å². The molecule has 1 unspecified atom stereocenters. The molecule has 6 heteroatoms. The van der Waals surface area contributed by atoms with Gasteiger partial charge in [-0.2, -0.15) is 0 Å². The highest BCUT2D eigenvalue weighted by Gasteiger charge is 2.20. The van der Waals surface area contributed by atoms with Gasteiger partial charge in [-0.1, -0.05) is 18.2 Å². The van der Waals surface area contributed by atoms with Crippen molar-refractivity contribution in [1.82, 2.24) is 10.2 Å². The van der Waals surface area contributed by atoms with Gasteiger partial charge in [0.1, 0.15) is 13.2 Å². The fraction of sp³-hybridized carbons (Fsp3) is 0.364. The van der Waals surface area contributed by atoms with Crippen LogP contribution < -0.4 is 14.8 Å². The maximum absolute atomic E-state index is 12.6. The molecule has 28 heavy (non-hydrogen) atoms. The van der Waals surface area contributed by atoms with E-state index in [2.05, 4.69) is 5.32 Å². The molecule has 2 aromatic carbocycles. The quantitative estimate of drug-likeness (QED) is 0.866. The topological polar surface area (TPSA) is 67.9 Å². The fourth-order valence-electron chi connectivity index (χ4n) is 3.55. The summed E-state index contributed by atoms with van der Waals surface area (Å²) in [6.45, 7) is 4.45. The lowest BCUT2D eigenvalue weighted by atomic mass is 10.1. The zero-order valence-corrected chi connectivity index (χ0v) is 15.9. The molecule has 1 atom stereocenters. The summed E-state index contributed by atoms with van der Waals surface area (Å²) in [4.78, 5) is 26.2. The summed E-state index contributed by atoms with van der Waals surface area (Å²) in [6.07, 6.45) is 1.56. The summed E-state index contributed by atoms with van der Waals surface area (Å²) in [5, 5.41) is 3.02. The number of carbonyl (C=O) groups excluding carboxylic acids is 2. The van der Waals surface area contributed by atoms with Crippen LogP contribution >= 0.6 is 0 Å². The molecule has 2 heterocycles. The summed E-state index contributed by atoms with van der Waals surface area (Å²) in [7, 11) is 0. The SMILES string of the molecule is CC(NC(=O)c1ccc(CN2CCCC2=O)cc1)c1ccc2c(c1)OCCO2. The molecule has 0 bridgehead atoms. The number of rotatable bonds is 5. The maximum atomic E-state index is 12.6. The van der Waals surface area contributed by atoms with Gasteiger partial charge >= 0.3 is 0 Å². The number of likely N-dealkylation sites (tertiary alicyclic amines) is 1. The number of nitrogens with one attached hydrogen (secondary N) is 1. The van der Waals surface area contributed by atoms with E-state index in [0.717, 1.165) is 29.8 Å². The van der Waals surface area contributed by atoms with Gasteiger partial charge in [-0.25, -0.2) is 0 Å². The molecule has 4 rings (SSSR count). The third-order valence-corrected chi connectivity index (χ3v) is 5.17. The first-order chi connectivity index (χ1) is 13.6. The molecular formula is C22H24N2O4. The number of ether oxygens (including phenoxy) is 2. The molecule has 1 saturated heterocycles. The van der Waals surface area contributed by atoms with E-state index in [1.54, 1.807) is 0 Å². The largest absolute Gasteiger partial charge is 0.486 e. The predicted octanol–water partition coefficient (Wildman–Crippen LogP) is 3.07. The Kier molecular flexibility index (Phi) is 5.19. The van der Waals surface area contributed by atoms with E-state index in [4.69, 9.17) is 9.47 Å². The molecule has 2 amide bonds. The molecule has 2 aromatic rings. The number of amides is 2. The first-order valence-corrected chi connectivity index (χ1v) is 9.67. The van der Waals surface area contributed by atoms with Crippen LogP contribution in [0.15, 0.2) is 42.5 Å². The van der Waals surface area contributed by atoms with Gasteiger partial charge in [0.05, 0.1) is 6.04 Å². The van der Waals surface area contributed by atoms with E-state index >= 15 is 0 Å². The second kappa shape index (κ2) is 7.92. The summed E-state index contributed by atoms with van der Waals surface area (Å²) in [5.41, 5.74) is 2.59. The third kappa shape index (κ3) is 3.96. The van der Waals surface area contributed by atoms with Crippen molar-refractivity contribution in [1.29, 1.82) is 0 Å². The van der Waals surface area contributed by atoms with Crippen molar-refractivity contribution < 1.29 is 19.1 Å². The molecular weight excluding hydrogens is 356 g/mol. The van der Waals surface area contributed by atoms with Gasteiger partial charge in [0.15, 0.2) is 11.5 Å². The number of benzene rings is 2. The Bertz CT molecular complexity index is 879. The van der Waals surface area contributed by atoms with Crippen molar-refractivity contribution in [2.24, 2.45) is 0 Å². The molecule has 0 saturated carbocycles. The molecule has 0 radical (unpaired) electrons. The lowest BCUT2D eigenvalue weighted by Crippen LogP contribution is -2.27.